The molecule has 0 fully saturated rings. The smallest absolute Gasteiger partial charge is 0.124 e. The number of para-hydroxylation sites is 2. The molecule has 6 heteroatoms. The second-order valence-corrected chi connectivity index (χ2v) is 9.85. The van der Waals surface area contributed by atoms with Crippen LogP contribution in [0.3, 0.4) is 0 Å². The number of anilines is 2. The Morgan fingerprint density at radius 2 is 1.59 bits per heavy atom. The van der Waals surface area contributed by atoms with Gasteiger partial charge in [-0.15, -0.1) is 0 Å². The van der Waals surface area contributed by atoms with Crippen LogP contribution in [0.4, 0.5) is 11.4 Å². The van der Waals surface area contributed by atoms with Crippen LogP contribution in [0, 0.1) is 6.92 Å². The van der Waals surface area contributed by atoms with Gasteiger partial charge in [0.2, 0.25) is 0 Å². The molecule has 3 aromatic carbocycles. The van der Waals surface area contributed by atoms with E-state index < -0.39 is 10.1 Å². The first kappa shape index (κ1) is 24.0. The Labute approximate surface area is 191 Å². The molecule has 1 unspecified atom stereocenters. The summed E-state index contributed by atoms with van der Waals surface area (Å²) in [6.45, 7) is 6.38. The third-order valence-corrected chi connectivity index (χ3v) is 6.73. The van der Waals surface area contributed by atoms with E-state index in [-0.39, 0.29) is 10.3 Å². The Balaban J connectivity index is 0.000000222. The number of fused-ring (bicyclic) bond motifs is 1. The van der Waals surface area contributed by atoms with Gasteiger partial charge in [0, 0.05) is 23.3 Å². The Kier molecular flexibility index (Phi) is 7.72. The highest BCUT2D eigenvalue weighted by atomic mass is 32.2. The molecule has 1 aliphatic heterocycles. The first-order chi connectivity index (χ1) is 15.2. The third kappa shape index (κ3) is 5.76. The van der Waals surface area contributed by atoms with Crippen molar-refractivity contribution in [3.63, 3.8) is 0 Å². The fraction of sp³-hybridized carbons (Fsp3) is 0.308. The highest BCUT2D eigenvalue weighted by Gasteiger charge is 2.38. The summed E-state index contributed by atoms with van der Waals surface area (Å²) in [5, 5.41) is 3.26. The highest BCUT2D eigenvalue weighted by molar-refractivity contribution is 7.85. The highest BCUT2D eigenvalue weighted by Crippen LogP contribution is 2.46. The zero-order valence-electron chi connectivity index (χ0n) is 18.9. The number of hydrogen-bond acceptors (Lipinski definition) is 5. The molecule has 0 spiro atoms. The number of rotatable bonds is 6. The average Bonchev–Trinajstić information content (AvgIpc) is 3.08. The standard InChI is InChI=1S/C19H24N2.C7H8O3S/c1-19(13-8-14-20-2)15-21(16-9-4-3-5-10-16)18-12-7-6-11-17(18)19;1-6-2-4-7(5-3-6)11(8,9)10/h3-7,9-12,20H,8,13-15H2,1-2H3;2-5H,1H3,(H,8,9,10)/p-1. The molecule has 0 aromatic heterocycles. The lowest BCUT2D eigenvalue weighted by Crippen LogP contribution is -2.29. The minimum Gasteiger partial charge on any atom is -0.744 e. The summed E-state index contributed by atoms with van der Waals surface area (Å²) in [6.07, 6.45) is 2.43. The van der Waals surface area contributed by atoms with Crippen LogP contribution in [0.5, 0.6) is 0 Å². The van der Waals surface area contributed by atoms with Crippen molar-refractivity contribution in [1.82, 2.24) is 5.32 Å². The van der Waals surface area contributed by atoms with Crippen LogP contribution < -0.4 is 10.2 Å². The molecule has 0 amide bonds. The van der Waals surface area contributed by atoms with Crippen LogP contribution in [-0.2, 0) is 15.5 Å². The van der Waals surface area contributed by atoms with Gasteiger partial charge in [-0.05, 0) is 69.3 Å². The molecule has 0 saturated heterocycles. The molecule has 0 bridgehead atoms. The molecule has 1 atom stereocenters. The van der Waals surface area contributed by atoms with Gasteiger partial charge in [-0.2, -0.15) is 0 Å². The Morgan fingerprint density at radius 1 is 0.969 bits per heavy atom. The molecular formula is C26H31N2O3S-. The minimum absolute atomic E-state index is 0.178. The third-order valence-electron chi connectivity index (χ3n) is 5.89. The number of aryl methyl sites for hydroxylation is 1. The molecule has 0 aliphatic carbocycles. The molecule has 1 N–H and O–H groups in total. The first-order valence-electron chi connectivity index (χ1n) is 10.8. The van der Waals surface area contributed by atoms with E-state index in [4.69, 9.17) is 0 Å². The summed E-state index contributed by atoms with van der Waals surface area (Å²) in [7, 11) is -2.24. The zero-order valence-corrected chi connectivity index (χ0v) is 19.7. The monoisotopic (exact) mass is 451 g/mol. The van der Waals surface area contributed by atoms with E-state index in [1.54, 1.807) is 12.1 Å². The lowest BCUT2D eigenvalue weighted by Gasteiger charge is -2.26. The van der Waals surface area contributed by atoms with Crippen LogP contribution in [0.1, 0.15) is 30.9 Å². The van der Waals surface area contributed by atoms with Crippen molar-refractivity contribution in [2.24, 2.45) is 0 Å². The quantitative estimate of drug-likeness (QED) is 0.422. The van der Waals surface area contributed by atoms with Crippen LogP contribution in [-0.4, -0.2) is 33.1 Å². The van der Waals surface area contributed by atoms with Crippen molar-refractivity contribution in [2.45, 2.75) is 37.0 Å². The molecule has 0 saturated carbocycles. The van der Waals surface area contributed by atoms with E-state index >= 15 is 0 Å². The van der Waals surface area contributed by atoms with Gasteiger partial charge in [-0.25, -0.2) is 8.42 Å². The maximum absolute atomic E-state index is 10.4. The summed E-state index contributed by atoms with van der Waals surface area (Å²) < 4.78 is 31.2. The molecule has 3 aromatic rings. The van der Waals surface area contributed by atoms with E-state index in [0.717, 1.165) is 18.7 Å². The second kappa shape index (κ2) is 10.3. The molecule has 170 valence electrons. The van der Waals surface area contributed by atoms with Crippen molar-refractivity contribution in [2.75, 3.05) is 25.0 Å². The molecule has 0 radical (unpaired) electrons. The molecular weight excluding hydrogens is 420 g/mol. The Morgan fingerprint density at radius 3 is 2.22 bits per heavy atom. The maximum atomic E-state index is 10.4. The van der Waals surface area contributed by atoms with Gasteiger partial charge >= 0.3 is 0 Å². The zero-order chi connectivity index (χ0) is 23.2. The van der Waals surface area contributed by atoms with Gasteiger partial charge in [0.25, 0.3) is 0 Å². The lowest BCUT2D eigenvalue weighted by atomic mass is 9.80. The van der Waals surface area contributed by atoms with Crippen molar-refractivity contribution >= 4 is 21.5 Å². The van der Waals surface area contributed by atoms with E-state index in [1.165, 1.54) is 41.9 Å². The van der Waals surface area contributed by atoms with E-state index in [1.807, 2.05) is 14.0 Å². The van der Waals surface area contributed by atoms with E-state index in [0.29, 0.717) is 0 Å². The summed E-state index contributed by atoms with van der Waals surface area (Å²) in [5.41, 5.74) is 5.32. The minimum atomic E-state index is -4.27. The van der Waals surface area contributed by atoms with Gasteiger partial charge in [0.15, 0.2) is 0 Å². The number of benzene rings is 3. The lowest BCUT2D eigenvalue weighted by molar-refractivity contribution is 0.445. The topological polar surface area (TPSA) is 72.5 Å². The fourth-order valence-corrected chi connectivity index (χ4v) is 4.62. The Bertz CT molecular complexity index is 1120. The first-order valence-corrected chi connectivity index (χ1v) is 12.2. The van der Waals surface area contributed by atoms with Crippen LogP contribution >= 0.6 is 0 Å². The van der Waals surface area contributed by atoms with Crippen LogP contribution in [0.25, 0.3) is 0 Å². The summed E-state index contributed by atoms with van der Waals surface area (Å²) >= 11 is 0. The number of nitrogens with zero attached hydrogens (tertiary/aromatic N) is 1. The maximum Gasteiger partial charge on any atom is 0.124 e. The van der Waals surface area contributed by atoms with Crippen LogP contribution in [0.2, 0.25) is 0 Å². The average molecular weight is 452 g/mol. The van der Waals surface area contributed by atoms with Gasteiger partial charge < -0.3 is 14.8 Å². The SMILES string of the molecule is CNCCCC1(C)CN(c2ccccc2)c2ccccc21.Cc1ccc(S(=O)(=O)[O-])cc1. The predicted octanol–water partition coefficient (Wildman–Crippen LogP) is 4.99. The second-order valence-electron chi connectivity index (χ2n) is 8.47. The number of nitrogens with one attached hydrogen (secondary N) is 1. The van der Waals surface area contributed by atoms with E-state index in [2.05, 4.69) is 71.7 Å². The van der Waals surface area contributed by atoms with Crippen molar-refractivity contribution in [3.8, 4) is 0 Å². The molecule has 4 rings (SSSR count). The van der Waals surface area contributed by atoms with E-state index in [9.17, 15) is 13.0 Å². The van der Waals surface area contributed by atoms with Crippen LogP contribution in [0.15, 0.2) is 83.8 Å². The van der Waals surface area contributed by atoms with Crippen molar-refractivity contribution in [1.29, 1.82) is 0 Å². The largest absolute Gasteiger partial charge is 0.744 e. The Hall–Kier alpha value is -2.67. The number of hydrogen-bond donors (Lipinski definition) is 1. The molecule has 5 nitrogen and oxygen atoms in total. The van der Waals surface area contributed by atoms with Crippen molar-refractivity contribution < 1.29 is 13.0 Å². The summed E-state index contributed by atoms with van der Waals surface area (Å²) in [5.74, 6) is 0. The summed E-state index contributed by atoms with van der Waals surface area (Å²) in [6, 6.07) is 25.4. The molecule has 32 heavy (non-hydrogen) atoms. The van der Waals surface area contributed by atoms with Gasteiger partial charge in [0.1, 0.15) is 10.1 Å². The molecule has 1 heterocycles. The predicted molar refractivity (Wildman–Crippen MR) is 130 cm³/mol. The molecule has 1 aliphatic rings. The fourth-order valence-electron chi connectivity index (χ4n) is 4.15. The van der Waals surface area contributed by atoms with Gasteiger partial charge in [-0.3, -0.25) is 0 Å². The summed E-state index contributed by atoms with van der Waals surface area (Å²) in [4.78, 5) is 2.29. The van der Waals surface area contributed by atoms with Gasteiger partial charge in [-0.1, -0.05) is 61.0 Å². The van der Waals surface area contributed by atoms with Gasteiger partial charge in [0.05, 0.1) is 4.90 Å². The van der Waals surface area contributed by atoms with Crippen molar-refractivity contribution in [3.05, 3.63) is 90.0 Å². The normalized spacial score (nSPS) is 17.4.